The molecule has 0 aliphatic carbocycles. The smallest absolute Gasteiger partial charge is 0.140 e. The number of thioether (sulfide) groups is 1. The highest BCUT2D eigenvalue weighted by molar-refractivity contribution is 7.98. The maximum Gasteiger partial charge on any atom is 0.140 e. The van der Waals surface area contributed by atoms with Gasteiger partial charge in [-0.05, 0) is 31.0 Å². The van der Waals surface area contributed by atoms with E-state index in [1.54, 1.807) is 11.8 Å². The Hall–Kier alpha value is -1.06. The van der Waals surface area contributed by atoms with Gasteiger partial charge in [-0.1, -0.05) is 36.7 Å². The summed E-state index contributed by atoms with van der Waals surface area (Å²) in [5.41, 5.74) is 2.27. The normalized spacial score (nSPS) is 10.6. The summed E-state index contributed by atoms with van der Waals surface area (Å²) in [7, 11) is 0. The van der Waals surface area contributed by atoms with Gasteiger partial charge in [0.05, 0.1) is 5.75 Å². The van der Waals surface area contributed by atoms with E-state index in [-0.39, 0.29) is 0 Å². The first kappa shape index (κ1) is 13.4. The molecule has 2 aromatic rings. The minimum atomic E-state index is 0.530. The van der Waals surface area contributed by atoms with Crippen molar-refractivity contribution >= 4 is 23.4 Å². The standard InChI is InChI=1S/C14H15ClN2S/c1-3-11-8-13(15)17-14(16-11)9-18-12-7-5-4-6-10(12)2/h4-8H,3,9H2,1-2H3. The summed E-state index contributed by atoms with van der Waals surface area (Å²) in [6.07, 6.45) is 0.879. The molecule has 0 saturated carbocycles. The maximum atomic E-state index is 5.98. The highest BCUT2D eigenvalue weighted by Crippen LogP contribution is 2.25. The van der Waals surface area contributed by atoms with E-state index < -0.39 is 0 Å². The summed E-state index contributed by atoms with van der Waals surface area (Å²) < 4.78 is 0. The van der Waals surface area contributed by atoms with Gasteiger partial charge in [0, 0.05) is 10.6 Å². The van der Waals surface area contributed by atoms with Crippen LogP contribution in [0.1, 0.15) is 24.0 Å². The van der Waals surface area contributed by atoms with Gasteiger partial charge in [0.15, 0.2) is 0 Å². The summed E-state index contributed by atoms with van der Waals surface area (Å²) in [5.74, 6) is 1.55. The third kappa shape index (κ3) is 3.47. The average molecular weight is 279 g/mol. The summed E-state index contributed by atoms with van der Waals surface area (Å²) >= 11 is 7.73. The van der Waals surface area contributed by atoms with Crippen LogP contribution in [0.3, 0.4) is 0 Å². The lowest BCUT2D eigenvalue weighted by Gasteiger charge is -2.06. The van der Waals surface area contributed by atoms with Crippen LogP contribution in [-0.2, 0) is 12.2 Å². The van der Waals surface area contributed by atoms with Gasteiger partial charge in [-0.15, -0.1) is 11.8 Å². The van der Waals surface area contributed by atoms with Crippen LogP contribution in [0.25, 0.3) is 0 Å². The Morgan fingerprint density at radius 1 is 1.22 bits per heavy atom. The SMILES string of the molecule is CCc1cc(Cl)nc(CSc2ccccc2C)n1. The van der Waals surface area contributed by atoms with Crippen molar-refractivity contribution in [2.45, 2.75) is 30.9 Å². The van der Waals surface area contributed by atoms with Gasteiger partial charge in [-0.25, -0.2) is 9.97 Å². The van der Waals surface area contributed by atoms with Gasteiger partial charge < -0.3 is 0 Å². The molecule has 0 saturated heterocycles. The minimum Gasteiger partial charge on any atom is -0.237 e. The molecule has 0 aliphatic heterocycles. The Kier molecular flexibility index (Phi) is 4.61. The monoisotopic (exact) mass is 278 g/mol. The predicted octanol–water partition coefficient (Wildman–Crippen LogP) is 4.29. The molecule has 0 radical (unpaired) electrons. The first-order valence-electron chi connectivity index (χ1n) is 5.90. The second kappa shape index (κ2) is 6.21. The zero-order valence-corrected chi connectivity index (χ0v) is 12.1. The Morgan fingerprint density at radius 2 is 2.00 bits per heavy atom. The van der Waals surface area contributed by atoms with E-state index in [9.17, 15) is 0 Å². The Labute approximate surface area is 117 Å². The predicted molar refractivity (Wildman–Crippen MR) is 77.2 cm³/mol. The van der Waals surface area contributed by atoms with Crippen molar-refractivity contribution in [1.82, 2.24) is 9.97 Å². The second-order valence-corrected chi connectivity index (χ2v) is 5.41. The number of nitrogens with zero attached hydrogens (tertiary/aromatic N) is 2. The summed E-state index contributed by atoms with van der Waals surface area (Å²) in [6.45, 7) is 4.18. The number of aromatic nitrogens is 2. The zero-order valence-electron chi connectivity index (χ0n) is 10.5. The van der Waals surface area contributed by atoms with E-state index in [1.165, 1.54) is 10.5 Å². The molecule has 1 aromatic carbocycles. The van der Waals surface area contributed by atoms with Gasteiger partial charge in [-0.2, -0.15) is 0 Å². The van der Waals surface area contributed by atoms with Gasteiger partial charge in [0.25, 0.3) is 0 Å². The van der Waals surface area contributed by atoms with Crippen molar-refractivity contribution < 1.29 is 0 Å². The van der Waals surface area contributed by atoms with E-state index >= 15 is 0 Å². The van der Waals surface area contributed by atoms with E-state index in [0.717, 1.165) is 23.7 Å². The summed E-state index contributed by atoms with van der Waals surface area (Å²) in [4.78, 5) is 10.0. The van der Waals surface area contributed by atoms with Gasteiger partial charge in [0.1, 0.15) is 11.0 Å². The molecule has 0 amide bonds. The second-order valence-electron chi connectivity index (χ2n) is 4.01. The topological polar surface area (TPSA) is 25.8 Å². The van der Waals surface area contributed by atoms with E-state index in [1.807, 2.05) is 18.2 Å². The molecule has 4 heteroatoms. The van der Waals surface area contributed by atoms with Crippen molar-refractivity contribution in [1.29, 1.82) is 0 Å². The quantitative estimate of drug-likeness (QED) is 0.616. The average Bonchev–Trinajstić information content (AvgIpc) is 2.37. The molecule has 0 unspecified atom stereocenters. The van der Waals surface area contributed by atoms with Crippen molar-refractivity contribution in [2.24, 2.45) is 0 Å². The Morgan fingerprint density at radius 3 is 2.72 bits per heavy atom. The van der Waals surface area contributed by atoms with Crippen LogP contribution < -0.4 is 0 Å². The highest BCUT2D eigenvalue weighted by atomic mass is 35.5. The van der Waals surface area contributed by atoms with Gasteiger partial charge in [0.2, 0.25) is 0 Å². The number of hydrogen-bond donors (Lipinski definition) is 0. The van der Waals surface area contributed by atoms with Crippen LogP contribution in [0.4, 0.5) is 0 Å². The van der Waals surface area contributed by atoms with Crippen LogP contribution in [0.15, 0.2) is 35.2 Å². The van der Waals surface area contributed by atoms with Gasteiger partial charge in [-0.3, -0.25) is 0 Å². The van der Waals surface area contributed by atoms with Crippen LogP contribution in [0, 0.1) is 6.92 Å². The number of rotatable bonds is 4. The fourth-order valence-electron chi connectivity index (χ4n) is 1.62. The molecule has 2 rings (SSSR count). The third-order valence-electron chi connectivity index (χ3n) is 2.61. The van der Waals surface area contributed by atoms with E-state index in [0.29, 0.717) is 5.15 Å². The zero-order chi connectivity index (χ0) is 13.0. The van der Waals surface area contributed by atoms with Crippen molar-refractivity contribution in [3.63, 3.8) is 0 Å². The molecular formula is C14H15ClN2S. The minimum absolute atomic E-state index is 0.530. The number of benzene rings is 1. The summed E-state index contributed by atoms with van der Waals surface area (Å²) in [6, 6.07) is 10.1. The number of aryl methyl sites for hydroxylation is 2. The molecule has 0 atom stereocenters. The van der Waals surface area contributed by atoms with Crippen LogP contribution in [-0.4, -0.2) is 9.97 Å². The van der Waals surface area contributed by atoms with Gasteiger partial charge >= 0.3 is 0 Å². The Bertz CT molecular complexity index is 543. The van der Waals surface area contributed by atoms with Crippen molar-refractivity contribution in [3.8, 4) is 0 Å². The molecule has 1 heterocycles. The molecule has 0 spiro atoms. The van der Waals surface area contributed by atoms with Crippen LogP contribution in [0.5, 0.6) is 0 Å². The molecule has 0 bridgehead atoms. The molecular weight excluding hydrogens is 264 g/mol. The van der Waals surface area contributed by atoms with E-state index in [2.05, 4.69) is 35.9 Å². The molecule has 0 N–H and O–H groups in total. The lowest BCUT2D eigenvalue weighted by atomic mass is 10.2. The molecule has 94 valence electrons. The molecule has 2 nitrogen and oxygen atoms in total. The number of hydrogen-bond acceptors (Lipinski definition) is 3. The van der Waals surface area contributed by atoms with Crippen molar-refractivity contribution in [2.75, 3.05) is 0 Å². The van der Waals surface area contributed by atoms with E-state index in [4.69, 9.17) is 11.6 Å². The first-order chi connectivity index (χ1) is 8.69. The van der Waals surface area contributed by atoms with Crippen LogP contribution >= 0.6 is 23.4 Å². The number of halogens is 1. The lowest BCUT2D eigenvalue weighted by molar-refractivity contribution is 0.940. The van der Waals surface area contributed by atoms with Crippen molar-refractivity contribution in [3.05, 3.63) is 52.6 Å². The molecule has 0 aliphatic rings. The molecule has 18 heavy (non-hydrogen) atoms. The Balaban J connectivity index is 2.11. The summed E-state index contributed by atoms with van der Waals surface area (Å²) in [5, 5.41) is 0.530. The highest BCUT2D eigenvalue weighted by Gasteiger charge is 2.04. The first-order valence-corrected chi connectivity index (χ1v) is 7.26. The van der Waals surface area contributed by atoms with Crippen LogP contribution in [0.2, 0.25) is 5.15 Å². The fraction of sp³-hybridized carbons (Fsp3) is 0.286. The molecule has 0 fully saturated rings. The fourth-order valence-corrected chi connectivity index (χ4v) is 2.73. The largest absolute Gasteiger partial charge is 0.237 e. The molecule has 1 aromatic heterocycles. The lowest BCUT2D eigenvalue weighted by Crippen LogP contribution is -1.97. The third-order valence-corrected chi connectivity index (χ3v) is 3.97. The maximum absolute atomic E-state index is 5.98.